The molecule has 2 saturated carbocycles. The molecule has 2 aliphatic rings. The molecule has 2 N–H and O–H groups in total. The van der Waals surface area contributed by atoms with Gasteiger partial charge in [0.05, 0.1) is 11.1 Å². The van der Waals surface area contributed by atoms with Crippen LogP contribution in [-0.4, -0.2) is 32.5 Å². The van der Waals surface area contributed by atoms with Gasteiger partial charge in [-0.3, -0.25) is 4.79 Å². The molecule has 0 spiro atoms. The second-order valence-corrected chi connectivity index (χ2v) is 6.66. The predicted molar refractivity (Wildman–Crippen MR) is 82.9 cm³/mol. The average molecular weight is 299 g/mol. The van der Waals surface area contributed by atoms with Gasteiger partial charge in [0.25, 0.3) is 5.91 Å². The number of hydrogen-bond acceptors (Lipinski definition) is 3. The highest BCUT2D eigenvalue weighted by Gasteiger charge is 2.33. The van der Waals surface area contributed by atoms with E-state index in [1.54, 1.807) is 0 Å². The minimum absolute atomic E-state index is 0.184. The fourth-order valence-electron chi connectivity index (χ4n) is 3.40. The van der Waals surface area contributed by atoms with Crippen molar-refractivity contribution < 1.29 is 9.90 Å². The molecule has 0 saturated heterocycles. The van der Waals surface area contributed by atoms with Gasteiger partial charge in [-0.15, -0.1) is 0 Å². The fourth-order valence-corrected chi connectivity index (χ4v) is 3.40. The molecule has 0 aliphatic heterocycles. The zero-order valence-corrected chi connectivity index (χ0v) is 12.6. The summed E-state index contributed by atoms with van der Waals surface area (Å²) in [7, 11) is 0. The van der Waals surface area contributed by atoms with E-state index in [4.69, 9.17) is 0 Å². The van der Waals surface area contributed by atoms with E-state index in [9.17, 15) is 9.90 Å². The lowest BCUT2D eigenvalue weighted by Gasteiger charge is -2.21. The third kappa shape index (κ3) is 2.39. The zero-order chi connectivity index (χ0) is 15.2. The van der Waals surface area contributed by atoms with Gasteiger partial charge in [0.2, 0.25) is 0 Å². The standard InChI is InChI=1S/C17H21N3O2/c21-16(18-11-17(22)8-2-3-9-17)14-13-5-1-4-10-20(13)15(19-14)12-6-7-12/h1,4-5,10,12,22H,2-3,6-9,11H2,(H,18,21). The number of amides is 1. The molecule has 116 valence electrons. The summed E-state index contributed by atoms with van der Waals surface area (Å²) in [6.45, 7) is 0.316. The van der Waals surface area contributed by atoms with Gasteiger partial charge in [0, 0.05) is 18.7 Å². The highest BCUT2D eigenvalue weighted by molar-refractivity contribution is 5.99. The Balaban J connectivity index is 1.59. The Morgan fingerprint density at radius 3 is 2.86 bits per heavy atom. The number of aromatic nitrogens is 2. The molecule has 0 bridgehead atoms. The lowest BCUT2D eigenvalue weighted by molar-refractivity contribution is 0.0449. The summed E-state index contributed by atoms with van der Waals surface area (Å²) < 4.78 is 2.02. The Labute approximate surface area is 129 Å². The molecule has 2 aliphatic carbocycles. The second-order valence-electron chi connectivity index (χ2n) is 6.66. The number of rotatable bonds is 4. The molecular weight excluding hydrogens is 278 g/mol. The first-order valence-corrected chi connectivity index (χ1v) is 8.14. The Morgan fingerprint density at radius 2 is 2.14 bits per heavy atom. The number of fused-ring (bicyclic) bond motifs is 1. The van der Waals surface area contributed by atoms with Crippen LogP contribution < -0.4 is 5.32 Å². The summed E-state index contributed by atoms with van der Waals surface area (Å²) in [5.41, 5.74) is 0.592. The zero-order valence-electron chi connectivity index (χ0n) is 12.6. The van der Waals surface area contributed by atoms with Crippen molar-refractivity contribution in [1.82, 2.24) is 14.7 Å². The first-order valence-electron chi connectivity index (χ1n) is 8.14. The third-order valence-corrected chi connectivity index (χ3v) is 4.85. The topological polar surface area (TPSA) is 66.6 Å². The van der Waals surface area contributed by atoms with Gasteiger partial charge in [0.15, 0.2) is 5.69 Å². The number of nitrogens with one attached hydrogen (secondary N) is 1. The molecule has 5 heteroatoms. The van der Waals surface area contributed by atoms with Crippen molar-refractivity contribution in [3.8, 4) is 0 Å². The van der Waals surface area contributed by atoms with E-state index in [0.29, 0.717) is 18.2 Å². The fraction of sp³-hybridized carbons (Fsp3) is 0.529. The minimum atomic E-state index is -0.732. The van der Waals surface area contributed by atoms with Crippen LogP contribution in [0, 0.1) is 0 Å². The molecule has 1 amide bonds. The molecular formula is C17H21N3O2. The van der Waals surface area contributed by atoms with Crippen LogP contribution in [0.1, 0.15) is 60.8 Å². The quantitative estimate of drug-likeness (QED) is 0.910. The molecule has 2 fully saturated rings. The maximum absolute atomic E-state index is 12.5. The van der Waals surface area contributed by atoms with E-state index in [0.717, 1.165) is 49.9 Å². The SMILES string of the molecule is O=C(NCC1(O)CCCC1)c1nc(C2CC2)n2ccccc12. The molecule has 2 heterocycles. The van der Waals surface area contributed by atoms with Crippen molar-refractivity contribution in [2.45, 2.75) is 50.0 Å². The van der Waals surface area contributed by atoms with Crippen molar-refractivity contribution in [1.29, 1.82) is 0 Å². The molecule has 22 heavy (non-hydrogen) atoms. The van der Waals surface area contributed by atoms with Crippen LogP contribution in [0.15, 0.2) is 24.4 Å². The molecule has 0 aromatic carbocycles. The highest BCUT2D eigenvalue weighted by atomic mass is 16.3. The number of nitrogens with zero attached hydrogens (tertiary/aromatic N) is 2. The van der Waals surface area contributed by atoms with Gasteiger partial charge in [0.1, 0.15) is 5.82 Å². The Bertz CT molecular complexity index is 712. The van der Waals surface area contributed by atoms with Gasteiger partial charge in [-0.2, -0.15) is 0 Å². The first kappa shape index (κ1) is 13.8. The monoisotopic (exact) mass is 299 g/mol. The summed E-state index contributed by atoms with van der Waals surface area (Å²) in [5, 5.41) is 13.2. The van der Waals surface area contributed by atoms with Crippen LogP contribution in [0.25, 0.3) is 5.52 Å². The van der Waals surface area contributed by atoms with E-state index in [1.807, 2.05) is 28.8 Å². The Kier molecular flexibility index (Phi) is 3.18. The second kappa shape index (κ2) is 5.09. The summed E-state index contributed by atoms with van der Waals surface area (Å²) in [4.78, 5) is 17.1. The predicted octanol–water partition coefficient (Wildman–Crippen LogP) is 2.25. The molecule has 4 rings (SSSR count). The molecule has 5 nitrogen and oxygen atoms in total. The summed E-state index contributed by atoms with van der Waals surface area (Å²) in [5.74, 6) is 1.28. The molecule has 0 unspecified atom stereocenters. The highest BCUT2D eigenvalue weighted by Crippen LogP contribution is 2.40. The van der Waals surface area contributed by atoms with Crippen LogP contribution >= 0.6 is 0 Å². The molecule has 0 atom stereocenters. The van der Waals surface area contributed by atoms with E-state index >= 15 is 0 Å². The Morgan fingerprint density at radius 1 is 1.36 bits per heavy atom. The van der Waals surface area contributed by atoms with Gasteiger partial charge >= 0.3 is 0 Å². The van der Waals surface area contributed by atoms with Crippen LogP contribution in [0.4, 0.5) is 0 Å². The van der Waals surface area contributed by atoms with Crippen LogP contribution in [-0.2, 0) is 0 Å². The van der Waals surface area contributed by atoms with Gasteiger partial charge in [-0.1, -0.05) is 18.9 Å². The van der Waals surface area contributed by atoms with E-state index < -0.39 is 5.60 Å². The number of aliphatic hydroxyl groups is 1. The lowest BCUT2D eigenvalue weighted by Crippen LogP contribution is -2.40. The van der Waals surface area contributed by atoms with Crippen LogP contribution in [0.2, 0.25) is 0 Å². The molecule has 0 radical (unpaired) electrons. The minimum Gasteiger partial charge on any atom is -0.388 e. The summed E-state index contributed by atoms with van der Waals surface area (Å²) >= 11 is 0. The van der Waals surface area contributed by atoms with Crippen molar-refractivity contribution in [2.24, 2.45) is 0 Å². The van der Waals surface area contributed by atoms with Gasteiger partial charge in [-0.05, 0) is 37.8 Å². The smallest absolute Gasteiger partial charge is 0.272 e. The van der Waals surface area contributed by atoms with E-state index in [2.05, 4.69) is 10.3 Å². The summed E-state index contributed by atoms with van der Waals surface area (Å²) in [6, 6.07) is 5.82. The van der Waals surface area contributed by atoms with E-state index in [-0.39, 0.29) is 5.91 Å². The number of carbonyl (C=O) groups excluding carboxylic acids is 1. The summed E-state index contributed by atoms with van der Waals surface area (Å²) in [6.07, 6.45) is 7.87. The average Bonchev–Trinajstić information content (AvgIpc) is 3.16. The van der Waals surface area contributed by atoms with Crippen LogP contribution in [0.3, 0.4) is 0 Å². The number of imidazole rings is 1. The Hall–Kier alpha value is -1.88. The maximum Gasteiger partial charge on any atom is 0.272 e. The van der Waals surface area contributed by atoms with Crippen molar-refractivity contribution >= 4 is 11.4 Å². The van der Waals surface area contributed by atoms with Crippen molar-refractivity contribution in [3.63, 3.8) is 0 Å². The lowest BCUT2D eigenvalue weighted by atomic mass is 10.0. The van der Waals surface area contributed by atoms with Crippen LogP contribution in [0.5, 0.6) is 0 Å². The van der Waals surface area contributed by atoms with Crippen molar-refractivity contribution in [2.75, 3.05) is 6.54 Å². The normalized spacial score (nSPS) is 20.4. The molecule has 2 aromatic rings. The molecule has 2 aromatic heterocycles. The number of pyridine rings is 1. The van der Waals surface area contributed by atoms with Gasteiger partial charge in [-0.25, -0.2) is 4.98 Å². The first-order chi connectivity index (χ1) is 10.7. The number of hydrogen-bond donors (Lipinski definition) is 2. The van der Waals surface area contributed by atoms with Gasteiger partial charge < -0.3 is 14.8 Å². The number of carbonyl (C=O) groups is 1. The maximum atomic E-state index is 12.5. The van der Waals surface area contributed by atoms with E-state index in [1.165, 1.54) is 0 Å². The van der Waals surface area contributed by atoms with Crippen molar-refractivity contribution in [3.05, 3.63) is 35.9 Å². The largest absolute Gasteiger partial charge is 0.388 e. The third-order valence-electron chi connectivity index (χ3n) is 4.85.